The highest BCUT2D eigenvalue weighted by Crippen LogP contribution is 2.33. The molecule has 0 bridgehead atoms. The lowest BCUT2D eigenvalue weighted by Gasteiger charge is -2.15. The number of hydrogen-bond acceptors (Lipinski definition) is 8. The fraction of sp³-hybridized carbons (Fsp3) is 0.235. The van der Waals surface area contributed by atoms with E-state index in [-0.39, 0.29) is 31.1 Å². The maximum atomic E-state index is 12.7. The molecule has 1 aliphatic rings. The molecule has 8 nitrogen and oxygen atoms in total. The van der Waals surface area contributed by atoms with E-state index in [1.807, 2.05) is 6.07 Å². The van der Waals surface area contributed by atoms with Crippen LogP contribution in [0.15, 0.2) is 42.5 Å². The SMILES string of the molecule is N#Cc1ccc(Oc2ccc(OS(=O)(=O)C(F)(F)F)c(COB3OCCO3)c2)cc1. The Morgan fingerprint density at radius 1 is 1.07 bits per heavy atom. The highest BCUT2D eigenvalue weighted by atomic mass is 32.2. The van der Waals surface area contributed by atoms with Crippen LogP contribution in [-0.2, 0) is 30.7 Å². The van der Waals surface area contributed by atoms with Crippen LogP contribution in [0.2, 0.25) is 0 Å². The number of alkyl halides is 3. The summed E-state index contributed by atoms with van der Waals surface area (Å²) in [6.45, 7) is 0.175. The van der Waals surface area contributed by atoms with Crippen molar-refractivity contribution in [3.63, 3.8) is 0 Å². The second kappa shape index (κ2) is 8.92. The van der Waals surface area contributed by atoms with Crippen LogP contribution in [0.25, 0.3) is 0 Å². The van der Waals surface area contributed by atoms with Gasteiger partial charge in [0, 0.05) is 5.56 Å². The van der Waals surface area contributed by atoms with Crippen LogP contribution >= 0.6 is 0 Å². The Hall–Kier alpha value is -2.79. The fourth-order valence-corrected chi connectivity index (χ4v) is 2.80. The van der Waals surface area contributed by atoms with Crippen LogP contribution in [0.5, 0.6) is 17.2 Å². The van der Waals surface area contributed by atoms with Crippen molar-refractivity contribution in [1.82, 2.24) is 0 Å². The lowest BCUT2D eigenvalue weighted by molar-refractivity contribution is -0.0500. The number of nitrogens with zero attached hydrogens (tertiary/aromatic N) is 1. The van der Waals surface area contributed by atoms with E-state index in [2.05, 4.69) is 4.18 Å². The van der Waals surface area contributed by atoms with E-state index in [1.54, 1.807) is 0 Å². The Bertz CT molecular complexity index is 1030. The molecule has 1 heterocycles. The van der Waals surface area contributed by atoms with Crippen LogP contribution in [0.4, 0.5) is 13.2 Å². The van der Waals surface area contributed by atoms with E-state index in [1.165, 1.54) is 36.4 Å². The summed E-state index contributed by atoms with van der Waals surface area (Å²) < 4.78 is 86.0. The van der Waals surface area contributed by atoms with Crippen LogP contribution in [-0.4, -0.2) is 34.5 Å². The summed E-state index contributed by atoms with van der Waals surface area (Å²) in [7, 11) is -6.92. The summed E-state index contributed by atoms with van der Waals surface area (Å²) in [5.74, 6) is -0.0688. The fourth-order valence-electron chi connectivity index (χ4n) is 2.30. The molecular formula is C17H13BF3NO7S. The Labute approximate surface area is 170 Å². The molecule has 1 saturated heterocycles. The molecule has 3 rings (SSSR count). The number of hydrogen-bond donors (Lipinski definition) is 0. The second-order valence-corrected chi connectivity index (χ2v) is 7.37. The highest BCUT2D eigenvalue weighted by Gasteiger charge is 2.48. The van der Waals surface area contributed by atoms with Crippen molar-refractivity contribution in [2.75, 3.05) is 13.2 Å². The van der Waals surface area contributed by atoms with Gasteiger partial charge in [0.15, 0.2) is 0 Å². The summed E-state index contributed by atoms with van der Waals surface area (Å²) in [5.41, 5.74) is -5.23. The lowest BCUT2D eigenvalue weighted by Crippen LogP contribution is -2.28. The van der Waals surface area contributed by atoms with Gasteiger partial charge in [-0.3, -0.25) is 0 Å². The Balaban J connectivity index is 1.84. The van der Waals surface area contributed by atoms with Gasteiger partial charge in [-0.15, -0.1) is 0 Å². The monoisotopic (exact) mass is 443 g/mol. The molecule has 1 aliphatic heterocycles. The quantitative estimate of drug-likeness (QED) is 0.365. The Morgan fingerprint density at radius 2 is 1.70 bits per heavy atom. The zero-order valence-electron chi connectivity index (χ0n) is 15.1. The predicted octanol–water partition coefficient (Wildman–Crippen LogP) is 3.13. The molecule has 0 aliphatic carbocycles. The molecule has 0 unspecified atom stereocenters. The van der Waals surface area contributed by atoms with E-state index in [4.69, 9.17) is 24.0 Å². The van der Waals surface area contributed by atoms with Gasteiger partial charge < -0.3 is 22.9 Å². The zero-order valence-corrected chi connectivity index (χ0v) is 15.9. The van der Waals surface area contributed by atoms with Gasteiger partial charge in [-0.1, -0.05) is 0 Å². The van der Waals surface area contributed by atoms with Crippen molar-refractivity contribution in [3.05, 3.63) is 53.6 Å². The summed E-state index contributed by atoms with van der Waals surface area (Å²) in [5, 5.41) is 8.82. The largest absolute Gasteiger partial charge is 0.639 e. The Morgan fingerprint density at radius 3 is 2.30 bits per heavy atom. The molecule has 2 aromatic carbocycles. The topological polar surface area (TPSA) is 104 Å². The van der Waals surface area contributed by atoms with Gasteiger partial charge in [0.05, 0.1) is 31.5 Å². The first-order chi connectivity index (χ1) is 14.2. The van der Waals surface area contributed by atoms with Crippen LogP contribution < -0.4 is 8.92 Å². The van der Waals surface area contributed by atoms with Gasteiger partial charge in [0.25, 0.3) is 0 Å². The number of benzene rings is 2. The third kappa shape index (κ3) is 5.42. The minimum Gasteiger partial charge on any atom is -0.457 e. The smallest absolute Gasteiger partial charge is 0.457 e. The summed E-state index contributed by atoms with van der Waals surface area (Å²) >= 11 is 0. The van der Waals surface area contributed by atoms with E-state index >= 15 is 0 Å². The number of halogens is 3. The molecule has 30 heavy (non-hydrogen) atoms. The lowest BCUT2D eigenvalue weighted by atomic mass is 10.1. The molecule has 0 radical (unpaired) electrons. The van der Waals surface area contributed by atoms with Gasteiger partial charge >= 0.3 is 22.9 Å². The van der Waals surface area contributed by atoms with Crippen molar-refractivity contribution in [1.29, 1.82) is 5.26 Å². The van der Waals surface area contributed by atoms with E-state index in [0.29, 0.717) is 11.3 Å². The van der Waals surface area contributed by atoms with Gasteiger partial charge in [0.2, 0.25) is 0 Å². The van der Waals surface area contributed by atoms with E-state index < -0.39 is 28.7 Å². The normalized spacial score (nSPS) is 14.4. The molecule has 13 heteroatoms. The minimum absolute atomic E-state index is 0.0481. The van der Waals surface area contributed by atoms with Gasteiger partial charge in [-0.05, 0) is 42.5 Å². The molecular weight excluding hydrogens is 430 g/mol. The molecule has 2 aromatic rings. The molecule has 0 atom stereocenters. The molecule has 0 saturated carbocycles. The first kappa shape index (κ1) is 21.9. The molecule has 0 N–H and O–H groups in total. The van der Waals surface area contributed by atoms with Crippen molar-refractivity contribution >= 4 is 17.4 Å². The maximum absolute atomic E-state index is 12.7. The first-order valence-corrected chi connectivity index (χ1v) is 9.75. The average Bonchev–Trinajstić information content (AvgIpc) is 3.21. The van der Waals surface area contributed by atoms with Crippen molar-refractivity contribution < 1.29 is 44.5 Å². The van der Waals surface area contributed by atoms with Gasteiger partial charge in [-0.2, -0.15) is 26.9 Å². The number of nitriles is 1. The zero-order chi connectivity index (χ0) is 21.8. The summed E-state index contributed by atoms with van der Waals surface area (Å²) in [4.78, 5) is 0. The Kier molecular flexibility index (Phi) is 6.52. The standard InChI is InChI=1S/C17H13BF3NO7S/c19-17(20,21)30(23,24)29-16-6-5-15(28-14-3-1-12(10-22)2-4-14)9-13(16)11-27-18-25-7-8-26-18/h1-6,9H,7-8,11H2. The maximum Gasteiger partial charge on any atom is 0.639 e. The van der Waals surface area contributed by atoms with E-state index in [0.717, 1.165) is 6.07 Å². The molecule has 0 spiro atoms. The second-order valence-electron chi connectivity index (χ2n) is 5.83. The van der Waals surface area contributed by atoms with Crippen LogP contribution in [0.1, 0.15) is 11.1 Å². The van der Waals surface area contributed by atoms with Crippen LogP contribution in [0, 0.1) is 11.3 Å². The number of rotatable bonds is 7. The van der Waals surface area contributed by atoms with Gasteiger partial charge in [0.1, 0.15) is 17.2 Å². The molecule has 0 aromatic heterocycles. The average molecular weight is 443 g/mol. The van der Waals surface area contributed by atoms with Crippen molar-refractivity contribution in [2.24, 2.45) is 0 Å². The molecule has 0 amide bonds. The molecule has 158 valence electrons. The summed E-state index contributed by atoms with van der Waals surface area (Å²) in [6.07, 6.45) is 0. The minimum atomic E-state index is -5.88. The van der Waals surface area contributed by atoms with Crippen molar-refractivity contribution in [2.45, 2.75) is 12.1 Å². The third-order valence-corrected chi connectivity index (χ3v) is 4.67. The van der Waals surface area contributed by atoms with Crippen molar-refractivity contribution in [3.8, 4) is 23.3 Å². The highest BCUT2D eigenvalue weighted by molar-refractivity contribution is 7.88. The molecule has 1 fully saturated rings. The predicted molar refractivity (Wildman–Crippen MR) is 95.7 cm³/mol. The first-order valence-electron chi connectivity index (χ1n) is 8.34. The van der Waals surface area contributed by atoms with E-state index in [9.17, 15) is 21.6 Å². The van der Waals surface area contributed by atoms with Gasteiger partial charge in [-0.25, -0.2) is 0 Å². The van der Waals surface area contributed by atoms with Crippen LogP contribution in [0.3, 0.4) is 0 Å². The third-order valence-electron chi connectivity index (χ3n) is 3.70. The summed E-state index contributed by atoms with van der Waals surface area (Å²) in [6, 6.07) is 11.5. The number of ether oxygens (including phenoxy) is 1.